The maximum atomic E-state index is 14.0. The van der Waals surface area contributed by atoms with Crippen LogP contribution in [0.15, 0.2) is 48.5 Å². The Bertz CT molecular complexity index is 1330. The van der Waals surface area contributed by atoms with Crippen LogP contribution in [0, 0.1) is 11.8 Å². The van der Waals surface area contributed by atoms with Crippen LogP contribution in [-0.4, -0.2) is 77.3 Å². The molecule has 0 bridgehead atoms. The number of hydrogen-bond donors (Lipinski definition) is 1. The molecule has 1 aliphatic carbocycles. The van der Waals surface area contributed by atoms with Gasteiger partial charge in [0.25, 0.3) is 0 Å². The molecule has 0 aromatic heterocycles. The number of aliphatic carboxylic acids is 1. The fourth-order valence-corrected chi connectivity index (χ4v) is 7.49. The van der Waals surface area contributed by atoms with E-state index in [4.69, 9.17) is 23.7 Å². The van der Waals surface area contributed by atoms with Gasteiger partial charge >= 0.3 is 12.1 Å². The number of carbonyl (C=O) groups excluding carboxylic acids is 1. The number of benzene rings is 2. The van der Waals surface area contributed by atoms with Gasteiger partial charge < -0.3 is 28.8 Å². The van der Waals surface area contributed by atoms with Crippen LogP contribution in [0.5, 0.6) is 0 Å². The molecule has 5 atom stereocenters. The van der Waals surface area contributed by atoms with Gasteiger partial charge in [-0.25, -0.2) is 9.59 Å². The lowest BCUT2D eigenvalue weighted by Gasteiger charge is -2.46. The summed E-state index contributed by atoms with van der Waals surface area (Å²) in [7, 11) is 0. The van der Waals surface area contributed by atoms with Gasteiger partial charge in [-0.3, -0.25) is 4.90 Å². The van der Waals surface area contributed by atoms with E-state index in [1.54, 1.807) is 13.8 Å². The predicted octanol–water partition coefficient (Wildman–Crippen LogP) is 5.41. The van der Waals surface area contributed by atoms with Gasteiger partial charge in [-0.1, -0.05) is 62.4 Å². The zero-order chi connectivity index (χ0) is 30.0. The van der Waals surface area contributed by atoms with Gasteiger partial charge in [0.15, 0.2) is 11.6 Å². The van der Waals surface area contributed by atoms with E-state index in [0.29, 0.717) is 6.42 Å². The van der Waals surface area contributed by atoms with Crippen molar-refractivity contribution in [2.75, 3.05) is 19.8 Å². The van der Waals surface area contributed by atoms with Crippen LogP contribution in [0.3, 0.4) is 0 Å². The van der Waals surface area contributed by atoms with Crippen LogP contribution >= 0.6 is 0 Å². The number of amides is 1. The smallest absolute Gasteiger partial charge is 0.410 e. The van der Waals surface area contributed by atoms with Crippen molar-refractivity contribution in [3.05, 3.63) is 59.7 Å². The van der Waals surface area contributed by atoms with Crippen LogP contribution < -0.4 is 0 Å². The van der Waals surface area contributed by atoms with E-state index in [9.17, 15) is 14.7 Å². The van der Waals surface area contributed by atoms with Crippen LogP contribution in [0.2, 0.25) is 0 Å². The highest BCUT2D eigenvalue weighted by Gasteiger charge is 2.65. The Labute approximate surface area is 247 Å². The zero-order valence-corrected chi connectivity index (χ0v) is 25.2. The summed E-state index contributed by atoms with van der Waals surface area (Å²) in [5.41, 5.74) is 3.82. The molecule has 0 radical (unpaired) electrons. The molecule has 0 saturated carbocycles. The number of carbonyl (C=O) groups is 2. The summed E-state index contributed by atoms with van der Waals surface area (Å²) in [4.78, 5) is 27.9. The first-order valence-electron chi connectivity index (χ1n) is 14.8. The molecule has 6 rings (SSSR count). The summed E-state index contributed by atoms with van der Waals surface area (Å²) >= 11 is 0. The molecule has 4 aliphatic rings. The molecule has 42 heavy (non-hydrogen) atoms. The third-order valence-corrected chi connectivity index (χ3v) is 9.02. The standard InChI is InChI=1S/C33H41NO8/c1-19(2)27(29(35)36)34(18-33-25(15-31(3,4)42-33)28-26(17-39-33)40-32(5,6)41-28)30(37)38-16-24-22-13-9-7-11-20(22)21-12-8-10-14-23(21)24/h7-14,19,24-28H,15-18H2,1-6H3,(H,35,36)/t25-,26+,27-,28+,33-/m0/s1. The largest absolute Gasteiger partial charge is 0.480 e. The van der Waals surface area contributed by atoms with E-state index in [2.05, 4.69) is 24.3 Å². The Hall–Kier alpha value is -2.98. The monoisotopic (exact) mass is 579 g/mol. The zero-order valence-electron chi connectivity index (χ0n) is 25.2. The first-order chi connectivity index (χ1) is 19.8. The molecule has 0 spiro atoms. The third kappa shape index (κ3) is 5.00. The molecule has 3 heterocycles. The number of carboxylic acids is 1. The van der Waals surface area contributed by atoms with Crippen molar-refractivity contribution in [1.82, 2.24) is 4.90 Å². The van der Waals surface area contributed by atoms with E-state index >= 15 is 0 Å². The normalized spacial score (nSPS) is 29.4. The lowest BCUT2D eigenvalue weighted by Crippen LogP contribution is -2.62. The van der Waals surface area contributed by atoms with Gasteiger partial charge in [0.1, 0.15) is 18.8 Å². The third-order valence-electron chi connectivity index (χ3n) is 9.02. The van der Waals surface area contributed by atoms with Crippen molar-refractivity contribution in [2.24, 2.45) is 11.8 Å². The highest BCUT2D eigenvalue weighted by atomic mass is 16.8. The lowest BCUT2D eigenvalue weighted by atomic mass is 9.82. The second kappa shape index (κ2) is 10.3. The Morgan fingerprint density at radius 3 is 2.21 bits per heavy atom. The number of ether oxygens (including phenoxy) is 5. The van der Waals surface area contributed by atoms with E-state index in [0.717, 1.165) is 22.3 Å². The van der Waals surface area contributed by atoms with Crippen molar-refractivity contribution in [3.8, 4) is 11.1 Å². The average molecular weight is 580 g/mol. The Kier molecular flexibility index (Phi) is 7.16. The molecule has 9 nitrogen and oxygen atoms in total. The minimum atomic E-state index is -1.28. The summed E-state index contributed by atoms with van der Waals surface area (Å²) < 4.78 is 31.4. The predicted molar refractivity (Wildman–Crippen MR) is 154 cm³/mol. The van der Waals surface area contributed by atoms with Crippen LogP contribution in [-0.2, 0) is 28.5 Å². The van der Waals surface area contributed by atoms with Crippen molar-refractivity contribution in [3.63, 3.8) is 0 Å². The van der Waals surface area contributed by atoms with Gasteiger partial charge in [0.2, 0.25) is 0 Å². The Balaban J connectivity index is 1.30. The second-order valence-electron chi connectivity index (χ2n) is 13.4. The van der Waals surface area contributed by atoms with E-state index in [-0.39, 0.29) is 43.8 Å². The van der Waals surface area contributed by atoms with Crippen LogP contribution in [0.1, 0.15) is 65.0 Å². The van der Waals surface area contributed by atoms with E-state index in [1.165, 1.54) is 4.90 Å². The van der Waals surface area contributed by atoms with Crippen molar-refractivity contribution < 1.29 is 38.4 Å². The fourth-order valence-electron chi connectivity index (χ4n) is 7.49. The second-order valence-corrected chi connectivity index (χ2v) is 13.4. The molecule has 1 N–H and O–H groups in total. The molecule has 3 fully saturated rings. The first kappa shape index (κ1) is 29.1. The molecule has 226 valence electrons. The van der Waals surface area contributed by atoms with Crippen LogP contribution in [0.25, 0.3) is 11.1 Å². The minimum Gasteiger partial charge on any atom is -0.480 e. The maximum absolute atomic E-state index is 14.0. The number of hydrogen-bond acceptors (Lipinski definition) is 7. The fraction of sp³-hybridized carbons (Fsp3) is 0.576. The molecular formula is C33H41NO8. The van der Waals surface area contributed by atoms with Crippen LogP contribution in [0.4, 0.5) is 4.79 Å². The molecule has 1 amide bonds. The Morgan fingerprint density at radius 2 is 1.62 bits per heavy atom. The van der Waals surface area contributed by atoms with Gasteiger partial charge in [0.05, 0.1) is 24.9 Å². The SMILES string of the molecule is CC(C)[C@@H](C(=O)O)N(C[C@@]12OC[C@H]3OC(C)(C)O[C@@H]3[C@@H]1CC(C)(C)O2)C(=O)OCC1c2ccccc2-c2ccccc21. The highest BCUT2D eigenvalue weighted by molar-refractivity contribution is 5.81. The number of rotatable bonds is 7. The highest BCUT2D eigenvalue weighted by Crippen LogP contribution is 2.53. The summed E-state index contributed by atoms with van der Waals surface area (Å²) in [5, 5.41) is 10.3. The maximum Gasteiger partial charge on any atom is 0.410 e. The summed E-state index contributed by atoms with van der Waals surface area (Å²) in [6.45, 7) is 11.4. The van der Waals surface area contributed by atoms with Gasteiger partial charge in [-0.2, -0.15) is 0 Å². The van der Waals surface area contributed by atoms with Gasteiger partial charge in [0, 0.05) is 11.8 Å². The molecule has 3 aliphatic heterocycles. The summed E-state index contributed by atoms with van der Waals surface area (Å²) in [6, 6.07) is 15.1. The first-order valence-corrected chi connectivity index (χ1v) is 14.8. The number of fused-ring (bicyclic) bond motifs is 6. The van der Waals surface area contributed by atoms with Crippen molar-refractivity contribution in [1.29, 1.82) is 0 Å². The quantitative estimate of drug-likeness (QED) is 0.465. The summed E-state index contributed by atoms with van der Waals surface area (Å²) in [5.74, 6) is -4.00. The molecule has 0 unspecified atom stereocenters. The molecule has 2 aromatic carbocycles. The molecular weight excluding hydrogens is 538 g/mol. The van der Waals surface area contributed by atoms with Gasteiger partial charge in [-0.05, 0) is 62.3 Å². The summed E-state index contributed by atoms with van der Waals surface area (Å²) in [6.07, 6.45) is -0.707. The van der Waals surface area contributed by atoms with Crippen molar-refractivity contribution >= 4 is 12.1 Å². The van der Waals surface area contributed by atoms with Crippen molar-refractivity contribution in [2.45, 2.75) is 89.3 Å². The van der Waals surface area contributed by atoms with Gasteiger partial charge in [-0.15, -0.1) is 0 Å². The topological polar surface area (TPSA) is 104 Å². The number of carboxylic acid groups (broad SMARTS) is 1. The average Bonchev–Trinajstić information content (AvgIpc) is 3.51. The Morgan fingerprint density at radius 1 is 1.00 bits per heavy atom. The lowest BCUT2D eigenvalue weighted by molar-refractivity contribution is -0.300. The molecule has 2 aromatic rings. The molecule has 3 saturated heterocycles. The minimum absolute atomic E-state index is 0.0767. The molecule has 9 heteroatoms. The van der Waals surface area contributed by atoms with E-state index < -0.39 is 41.2 Å². The van der Waals surface area contributed by atoms with E-state index in [1.807, 2.05) is 52.0 Å². The number of nitrogens with zero attached hydrogens (tertiary/aromatic N) is 1.